The highest BCUT2D eigenvalue weighted by molar-refractivity contribution is 7.92. The van der Waals surface area contributed by atoms with Crippen LogP contribution in [0.4, 0.5) is 5.69 Å². The number of nitrogens with one attached hydrogen (secondary N) is 1. The van der Waals surface area contributed by atoms with Crippen molar-refractivity contribution in [2.75, 3.05) is 30.3 Å². The van der Waals surface area contributed by atoms with Gasteiger partial charge in [0.15, 0.2) is 0 Å². The number of amides is 1. The molecule has 0 bridgehead atoms. The number of hydrogen-bond donors (Lipinski definition) is 1. The average molecular weight is 433 g/mol. The van der Waals surface area contributed by atoms with Crippen molar-refractivity contribution in [2.45, 2.75) is 40.0 Å². The predicted molar refractivity (Wildman–Crippen MR) is 122 cm³/mol. The summed E-state index contributed by atoms with van der Waals surface area (Å²) in [5, 5.41) is 2.81. The van der Waals surface area contributed by atoms with Crippen LogP contribution in [0.2, 0.25) is 0 Å². The summed E-state index contributed by atoms with van der Waals surface area (Å²) >= 11 is 0. The molecule has 164 valence electrons. The number of nitrogens with zero attached hydrogens (tertiary/aromatic N) is 1. The molecule has 0 saturated carbocycles. The SMILES string of the molecule is CCc1ccc(OCCNC(=O)CCCN(c2ccc(C)c(C)c2)S(C)(=O)=O)cc1. The van der Waals surface area contributed by atoms with E-state index in [0.717, 1.165) is 23.3 Å². The maximum Gasteiger partial charge on any atom is 0.232 e. The predicted octanol–water partition coefficient (Wildman–Crippen LogP) is 3.61. The molecule has 30 heavy (non-hydrogen) atoms. The number of ether oxygens (including phenoxy) is 1. The zero-order chi connectivity index (χ0) is 22.1. The van der Waals surface area contributed by atoms with Crippen LogP contribution >= 0.6 is 0 Å². The van der Waals surface area contributed by atoms with Gasteiger partial charge in [0.25, 0.3) is 0 Å². The maximum absolute atomic E-state index is 12.2. The maximum atomic E-state index is 12.2. The van der Waals surface area contributed by atoms with E-state index in [2.05, 4.69) is 12.2 Å². The normalized spacial score (nSPS) is 11.2. The lowest BCUT2D eigenvalue weighted by Crippen LogP contribution is -2.33. The molecule has 2 aromatic rings. The van der Waals surface area contributed by atoms with Crippen molar-refractivity contribution in [1.82, 2.24) is 5.32 Å². The Hall–Kier alpha value is -2.54. The molecule has 0 spiro atoms. The van der Waals surface area contributed by atoms with Crippen LogP contribution < -0.4 is 14.4 Å². The fraction of sp³-hybridized carbons (Fsp3) is 0.435. The van der Waals surface area contributed by atoms with Gasteiger partial charge in [0.05, 0.1) is 18.5 Å². The molecule has 1 amide bonds. The smallest absolute Gasteiger partial charge is 0.232 e. The Morgan fingerprint density at radius 2 is 1.77 bits per heavy atom. The van der Waals surface area contributed by atoms with E-state index in [1.165, 1.54) is 16.1 Å². The number of carbonyl (C=O) groups is 1. The largest absolute Gasteiger partial charge is 0.492 e. The molecule has 0 saturated heterocycles. The van der Waals surface area contributed by atoms with E-state index in [0.29, 0.717) is 25.3 Å². The molecule has 0 aliphatic heterocycles. The lowest BCUT2D eigenvalue weighted by atomic mass is 10.1. The van der Waals surface area contributed by atoms with Crippen LogP contribution in [0.15, 0.2) is 42.5 Å². The fourth-order valence-electron chi connectivity index (χ4n) is 3.02. The van der Waals surface area contributed by atoms with Crippen LogP contribution in [0.5, 0.6) is 5.75 Å². The van der Waals surface area contributed by atoms with Crippen molar-refractivity contribution in [2.24, 2.45) is 0 Å². The summed E-state index contributed by atoms with van der Waals surface area (Å²) in [6.07, 6.45) is 2.86. The molecule has 0 radical (unpaired) electrons. The van der Waals surface area contributed by atoms with Gasteiger partial charge in [0.1, 0.15) is 12.4 Å². The van der Waals surface area contributed by atoms with Crippen LogP contribution in [-0.4, -0.2) is 40.3 Å². The number of rotatable bonds is 11. The van der Waals surface area contributed by atoms with E-state index in [-0.39, 0.29) is 18.9 Å². The minimum absolute atomic E-state index is 0.117. The Bertz CT molecular complexity index is 940. The molecule has 0 atom stereocenters. The summed E-state index contributed by atoms with van der Waals surface area (Å²) in [5.41, 5.74) is 4.02. The lowest BCUT2D eigenvalue weighted by molar-refractivity contribution is -0.121. The molecule has 7 heteroatoms. The highest BCUT2D eigenvalue weighted by Gasteiger charge is 2.18. The van der Waals surface area contributed by atoms with Crippen molar-refractivity contribution in [3.63, 3.8) is 0 Å². The second-order valence-corrected chi connectivity index (χ2v) is 9.31. The van der Waals surface area contributed by atoms with E-state index in [4.69, 9.17) is 4.74 Å². The van der Waals surface area contributed by atoms with E-state index in [1.807, 2.05) is 50.2 Å². The van der Waals surface area contributed by atoms with Gasteiger partial charge in [0.2, 0.25) is 15.9 Å². The highest BCUT2D eigenvalue weighted by atomic mass is 32.2. The van der Waals surface area contributed by atoms with Crippen molar-refractivity contribution in [3.8, 4) is 5.75 Å². The third-order valence-corrected chi connectivity index (χ3v) is 6.16. The second kappa shape index (κ2) is 11.0. The van der Waals surface area contributed by atoms with Crippen LogP contribution in [0.3, 0.4) is 0 Å². The van der Waals surface area contributed by atoms with Crippen molar-refractivity contribution in [1.29, 1.82) is 0 Å². The number of anilines is 1. The summed E-state index contributed by atoms with van der Waals surface area (Å²) in [5.74, 6) is 0.659. The summed E-state index contributed by atoms with van der Waals surface area (Å²) in [4.78, 5) is 12.1. The van der Waals surface area contributed by atoms with Crippen LogP contribution in [-0.2, 0) is 21.2 Å². The Kier molecular flexibility index (Phi) is 8.72. The number of sulfonamides is 1. The minimum atomic E-state index is -3.42. The summed E-state index contributed by atoms with van der Waals surface area (Å²) < 4.78 is 31.4. The van der Waals surface area contributed by atoms with Crippen molar-refractivity contribution < 1.29 is 17.9 Å². The highest BCUT2D eigenvalue weighted by Crippen LogP contribution is 2.21. The first-order chi connectivity index (χ1) is 14.2. The molecule has 0 unspecified atom stereocenters. The molecule has 0 aliphatic carbocycles. The van der Waals surface area contributed by atoms with Gasteiger partial charge in [0, 0.05) is 13.0 Å². The van der Waals surface area contributed by atoms with E-state index in [9.17, 15) is 13.2 Å². The number of carbonyl (C=O) groups excluding carboxylic acids is 1. The van der Waals surface area contributed by atoms with Crippen LogP contribution in [0, 0.1) is 13.8 Å². The Balaban J connectivity index is 1.76. The molecule has 6 nitrogen and oxygen atoms in total. The lowest BCUT2D eigenvalue weighted by Gasteiger charge is -2.23. The van der Waals surface area contributed by atoms with Crippen LogP contribution in [0.1, 0.15) is 36.5 Å². The van der Waals surface area contributed by atoms with Crippen molar-refractivity contribution >= 4 is 21.6 Å². The molecule has 1 N–H and O–H groups in total. The number of benzene rings is 2. The Morgan fingerprint density at radius 3 is 2.37 bits per heavy atom. The molecule has 0 aliphatic rings. The fourth-order valence-corrected chi connectivity index (χ4v) is 3.98. The Labute approximate surface area is 180 Å². The van der Waals surface area contributed by atoms with E-state index >= 15 is 0 Å². The monoisotopic (exact) mass is 432 g/mol. The first-order valence-electron chi connectivity index (χ1n) is 10.2. The van der Waals surface area contributed by atoms with Gasteiger partial charge in [-0.05, 0) is 67.6 Å². The topological polar surface area (TPSA) is 75.7 Å². The van der Waals surface area contributed by atoms with Gasteiger partial charge in [-0.2, -0.15) is 0 Å². The van der Waals surface area contributed by atoms with Crippen LogP contribution in [0.25, 0.3) is 0 Å². The molecule has 2 rings (SSSR count). The van der Waals surface area contributed by atoms with Gasteiger partial charge < -0.3 is 10.1 Å². The minimum Gasteiger partial charge on any atom is -0.492 e. The standard InChI is InChI=1S/C23H32N2O4S/c1-5-20-9-12-22(13-10-20)29-16-14-24-23(26)7-6-15-25(30(4,27)28)21-11-8-18(2)19(3)17-21/h8-13,17H,5-7,14-16H2,1-4H3,(H,24,26). The molecular weight excluding hydrogens is 400 g/mol. The third-order valence-electron chi connectivity index (χ3n) is 4.97. The van der Waals surface area contributed by atoms with Gasteiger partial charge in [-0.15, -0.1) is 0 Å². The van der Waals surface area contributed by atoms with E-state index in [1.54, 1.807) is 6.07 Å². The van der Waals surface area contributed by atoms with Gasteiger partial charge in [-0.1, -0.05) is 25.1 Å². The third kappa shape index (κ3) is 7.37. The summed E-state index contributed by atoms with van der Waals surface area (Å²) in [7, 11) is -3.42. The number of hydrogen-bond acceptors (Lipinski definition) is 4. The quantitative estimate of drug-likeness (QED) is 0.551. The van der Waals surface area contributed by atoms with E-state index < -0.39 is 10.0 Å². The Morgan fingerprint density at radius 1 is 1.07 bits per heavy atom. The zero-order valence-electron chi connectivity index (χ0n) is 18.3. The van der Waals surface area contributed by atoms with Crippen molar-refractivity contribution in [3.05, 3.63) is 59.2 Å². The molecular formula is C23H32N2O4S. The first kappa shape index (κ1) is 23.7. The average Bonchev–Trinajstić information content (AvgIpc) is 2.70. The first-order valence-corrected chi connectivity index (χ1v) is 12.1. The molecule has 0 aromatic heterocycles. The molecule has 2 aromatic carbocycles. The number of aryl methyl sites for hydroxylation is 3. The van der Waals surface area contributed by atoms with Gasteiger partial charge >= 0.3 is 0 Å². The summed E-state index contributed by atoms with van der Waals surface area (Å²) in [6, 6.07) is 13.5. The summed E-state index contributed by atoms with van der Waals surface area (Å²) in [6.45, 7) is 7.08. The second-order valence-electron chi connectivity index (χ2n) is 7.40. The molecule has 0 heterocycles. The molecule has 0 fully saturated rings. The zero-order valence-corrected chi connectivity index (χ0v) is 19.1. The van der Waals surface area contributed by atoms with Gasteiger partial charge in [-0.25, -0.2) is 8.42 Å². The van der Waals surface area contributed by atoms with Gasteiger partial charge in [-0.3, -0.25) is 9.10 Å².